The summed E-state index contributed by atoms with van der Waals surface area (Å²) in [6.45, 7) is 0. The fourth-order valence-electron chi connectivity index (χ4n) is 2.55. The van der Waals surface area contributed by atoms with E-state index in [1.165, 1.54) is 23.5 Å². The topological polar surface area (TPSA) is 76.7 Å². The molecule has 2 amide bonds. The van der Waals surface area contributed by atoms with Crippen LogP contribution in [0.4, 0.5) is 0 Å². The standard InChI is InChI=1S/2C11H9NO2S2/c2*1-14-8-4-2-7(3-5-8)6-9-10(13)12-11(15)16-9/h2*2-6H,1H3,(H,12,13,15)/b2*9-6-. The lowest BCUT2D eigenvalue weighted by atomic mass is 10.2. The number of thioether (sulfide) groups is 2. The zero-order chi connectivity index (χ0) is 23.1. The molecule has 2 aromatic carbocycles. The van der Waals surface area contributed by atoms with E-state index in [1.54, 1.807) is 26.4 Å². The van der Waals surface area contributed by atoms with Crippen LogP contribution in [0.5, 0.6) is 11.5 Å². The molecule has 0 radical (unpaired) electrons. The second-order valence-corrected chi connectivity index (χ2v) is 9.69. The first-order chi connectivity index (χ1) is 15.4. The molecule has 0 spiro atoms. The summed E-state index contributed by atoms with van der Waals surface area (Å²) in [5.74, 6) is 1.32. The molecule has 2 aromatic rings. The average Bonchev–Trinajstić information content (AvgIpc) is 3.28. The van der Waals surface area contributed by atoms with Crippen molar-refractivity contribution in [1.82, 2.24) is 10.6 Å². The van der Waals surface area contributed by atoms with Crippen LogP contribution in [0.2, 0.25) is 0 Å². The molecule has 4 rings (SSSR count). The summed E-state index contributed by atoms with van der Waals surface area (Å²) >= 11 is 12.4. The number of carbonyl (C=O) groups is 2. The number of carbonyl (C=O) groups excluding carboxylic acids is 2. The Bertz CT molecular complexity index is 1020. The molecular weight excluding hydrogens is 485 g/mol. The van der Waals surface area contributed by atoms with Crippen LogP contribution in [0.25, 0.3) is 12.2 Å². The van der Waals surface area contributed by atoms with E-state index >= 15 is 0 Å². The Hall–Kier alpha value is -2.66. The Kier molecular flexibility index (Phi) is 8.46. The summed E-state index contributed by atoms with van der Waals surface area (Å²) in [4.78, 5) is 24.0. The van der Waals surface area contributed by atoms with Crippen molar-refractivity contribution in [2.24, 2.45) is 0 Å². The predicted molar refractivity (Wildman–Crippen MR) is 139 cm³/mol. The first-order valence-corrected chi connectivity index (χ1v) is 11.6. The number of hydrogen-bond acceptors (Lipinski definition) is 8. The van der Waals surface area contributed by atoms with E-state index in [1.807, 2.05) is 48.5 Å². The highest BCUT2D eigenvalue weighted by molar-refractivity contribution is 8.27. The maximum atomic E-state index is 11.4. The third kappa shape index (κ3) is 6.67. The highest BCUT2D eigenvalue weighted by Gasteiger charge is 2.22. The molecule has 2 fully saturated rings. The van der Waals surface area contributed by atoms with Crippen LogP contribution in [0.3, 0.4) is 0 Å². The number of amides is 2. The second kappa shape index (κ2) is 11.3. The van der Waals surface area contributed by atoms with Crippen LogP contribution in [0, 0.1) is 0 Å². The lowest BCUT2D eigenvalue weighted by Crippen LogP contribution is -2.17. The van der Waals surface area contributed by atoms with E-state index < -0.39 is 0 Å². The smallest absolute Gasteiger partial charge is 0.263 e. The van der Waals surface area contributed by atoms with E-state index in [-0.39, 0.29) is 11.8 Å². The molecule has 32 heavy (non-hydrogen) atoms. The fourth-order valence-corrected chi connectivity index (χ4v) is 4.63. The summed E-state index contributed by atoms with van der Waals surface area (Å²) in [5.41, 5.74) is 1.89. The Balaban J connectivity index is 0.000000181. The lowest BCUT2D eigenvalue weighted by molar-refractivity contribution is -0.116. The van der Waals surface area contributed by atoms with E-state index in [4.69, 9.17) is 33.9 Å². The highest BCUT2D eigenvalue weighted by atomic mass is 32.2. The van der Waals surface area contributed by atoms with Crippen molar-refractivity contribution < 1.29 is 19.1 Å². The SMILES string of the molecule is COc1ccc(/C=C2\SC(=S)NC2=O)cc1.COc1ccc(/C=C2\SC(=S)NC2=O)cc1. The van der Waals surface area contributed by atoms with Crippen molar-refractivity contribution in [3.63, 3.8) is 0 Å². The first-order valence-electron chi connectivity index (χ1n) is 9.16. The Labute approximate surface area is 204 Å². The quantitative estimate of drug-likeness (QED) is 0.472. The van der Waals surface area contributed by atoms with Gasteiger partial charge in [-0.05, 0) is 47.5 Å². The summed E-state index contributed by atoms with van der Waals surface area (Å²) in [6.07, 6.45) is 3.61. The summed E-state index contributed by atoms with van der Waals surface area (Å²) in [7, 11) is 3.23. The van der Waals surface area contributed by atoms with Crippen molar-refractivity contribution in [3.05, 3.63) is 69.5 Å². The Morgan fingerprint density at radius 2 is 1.03 bits per heavy atom. The summed E-state index contributed by atoms with van der Waals surface area (Å²) in [5, 5.41) is 5.14. The number of methoxy groups -OCH3 is 2. The zero-order valence-corrected chi connectivity index (χ0v) is 20.3. The number of nitrogens with one attached hydrogen (secondary N) is 2. The summed E-state index contributed by atoms with van der Waals surface area (Å²) < 4.78 is 11.1. The zero-order valence-electron chi connectivity index (χ0n) is 17.0. The van der Waals surface area contributed by atoms with Gasteiger partial charge < -0.3 is 20.1 Å². The molecule has 0 aromatic heterocycles. The van der Waals surface area contributed by atoms with Gasteiger partial charge in [-0.2, -0.15) is 0 Å². The molecule has 2 aliphatic rings. The molecule has 2 aliphatic heterocycles. The second-order valence-electron chi connectivity index (χ2n) is 6.25. The van der Waals surface area contributed by atoms with Crippen LogP contribution < -0.4 is 20.1 Å². The van der Waals surface area contributed by atoms with Gasteiger partial charge in [0.2, 0.25) is 0 Å². The van der Waals surface area contributed by atoms with Gasteiger partial charge in [0, 0.05) is 0 Å². The van der Waals surface area contributed by atoms with Crippen molar-refractivity contribution in [2.45, 2.75) is 0 Å². The molecule has 0 saturated carbocycles. The minimum absolute atomic E-state index is 0.134. The van der Waals surface area contributed by atoms with Gasteiger partial charge in [0.15, 0.2) is 0 Å². The van der Waals surface area contributed by atoms with E-state index in [0.29, 0.717) is 18.5 Å². The van der Waals surface area contributed by atoms with Crippen molar-refractivity contribution in [1.29, 1.82) is 0 Å². The van der Waals surface area contributed by atoms with Crippen LogP contribution in [0.1, 0.15) is 11.1 Å². The number of hydrogen-bond donors (Lipinski definition) is 2. The number of thiocarbonyl (C=S) groups is 2. The Morgan fingerprint density at radius 1 is 0.688 bits per heavy atom. The number of benzene rings is 2. The third-order valence-corrected chi connectivity index (χ3v) is 6.44. The molecule has 2 N–H and O–H groups in total. The minimum atomic E-state index is -0.134. The normalized spacial score (nSPS) is 17.7. The van der Waals surface area contributed by atoms with Gasteiger partial charge in [-0.3, -0.25) is 9.59 Å². The predicted octanol–water partition coefficient (Wildman–Crippen LogP) is 4.37. The van der Waals surface area contributed by atoms with Crippen molar-refractivity contribution in [2.75, 3.05) is 14.2 Å². The van der Waals surface area contributed by atoms with E-state index in [0.717, 1.165) is 22.6 Å². The molecule has 2 saturated heterocycles. The molecule has 0 atom stereocenters. The lowest BCUT2D eigenvalue weighted by Gasteiger charge is -1.99. The molecule has 2 heterocycles. The summed E-state index contributed by atoms with van der Waals surface area (Å²) in [6, 6.07) is 15.0. The maximum Gasteiger partial charge on any atom is 0.263 e. The molecule has 0 aliphatic carbocycles. The molecule has 164 valence electrons. The fraction of sp³-hybridized carbons (Fsp3) is 0.0909. The van der Waals surface area contributed by atoms with Crippen LogP contribution in [-0.2, 0) is 9.59 Å². The largest absolute Gasteiger partial charge is 0.497 e. The van der Waals surface area contributed by atoms with Gasteiger partial charge in [0.25, 0.3) is 11.8 Å². The number of rotatable bonds is 4. The molecule has 0 unspecified atom stereocenters. The minimum Gasteiger partial charge on any atom is -0.497 e. The van der Waals surface area contributed by atoms with E-state index in [2.05, 4.69) is 10.6 Å². The van der Waals surface area contributed by atoms with Gasteiger partial charge in [-0.1, -0.05) is 72.2 Å². The van der Waals surface area contributed by atoms with Gasteiger partial charge in [-0.25, -0.2) is 0 Å². The van der Waals surface area contributed by atoms with Gasteiger partial charge in [0.05, 0.1) is 24.0 Å². The van der Waals surface area contributed by atoms with Gasteiger partial charge in [0.1, 0.15) is 20.1 Å². The van der Waals surface area contributed by atoms with Crippen LogP contribution in [0.15, 0.2) is 58.3 Å². The number of ether oxygens (including phenoxy) is 2. The highest BCUT2D eigenvalue weighted by Crippen LogP contribution is 2.27. The monoisotopic (exact) mass is 502 g/mol. The van der Waals surface area contributed by atoms with Crippen molar-refractivity contribution >= 4 is 80.6 Å². The molecule has 10 heteroatoms. The average molecular weight is 503 g/mol. The van der Waals surface area contributed by atoms with Crippen LogP contribution in [-0.4, -0.2) is 34.7 Å². The third-order valence-electron chi connectivity index (χ3n) is 4.11. The molecular formula is C22H18N2O4S4. The Morgan fingerprint density at radius 3 is 1.28 bits per heavy atom. The van der Waals surface area contributed by atoms with Gasteiger partial charge in [-0.15, -0.1) is 0 Å². The maximum absolute atomic E-state index is 11.4. The first kappa shape index (κ1) is 24.0. The van der Waals surface area contributed by atoms with Gasteiger partial charge >= 0.3 is 0 Å². The van der Waals surface area contributed by atoms with E-state index in [9.17, 15) is 9.59 Å². The van der Waals surface area contributed by atoms with Crippen molar-refractivity contribution in [3.8, 4) is 11.5 Å². The molecule has 6 nitrogen and oxygen atoms in total. The van der Waals surface area contributed by atoms with Crippen LogP contribution >= 0.6 is 48.0 Å². The molecule has 0 bridgehead atoms.